The van der Waals surface area contributed by atoms with E-state index in [4.69, 9.17) is 0 Å². The third-order valence-corrected chi connectivity index (χ3v) is 1.77. The van der Waals surface area contributed by atoms with E-state index in [9.17, 15) is 0 Å². The van der Waals surface area contributed by atoms with Crippen molar-refractivity contribution in [2.75, 3.05) is 14.1 Å². The van der Waals surface area contributed by atoms with Gasteiger partial charge in [-0.05, 0) is 46.4 Å². The van der Waals surface area contributed by atoms with Crippen molar-refractivity contribution in [1.29, 1.82) is 0 Å². The third kappa shape index (κ3) is 25.7. The van der Waals surface area contributed by atoms with Gasteiger partial charge in [-0.15, -0.1) is 0 Å². The van der Waals surface area contributed by atoms with Crippen molar-refractivity contribution in [3.63, 3.8) is 0 Å². The smallest absolute Gasteiger partial charge is 0.00106 e. The van der Waals surface area contributed by atoms with Gasteiger partial charge in [0.15, 0.2) is 0 Å². The van der Waals surface area contributed by atoms with Crippen LogP contribution in [0, 0.1) is 5.92 Å². The first-order chi connectivity index (χ1) is 9.53. The van der Waals surface area contributed by atoms with Crippen molar-refractivity contribution in [3.05, 3.63) is 48.1 Å². The molecule has 20 heavy (non-hydrogen) atoms. The second-order valence-electron chi connectivity index (χ2n) is 3.94. The quantitative estimate of drug-likeness (QED) is 0.480. The van der Waals surface area contributed by atoms with Crippen molar-refractivity contribution in [3.8, 4) is 0 Å². The maximum Gasteiger partial charge on any atom is -0.00106 e. The van der Waals surface area contributed by atoms with Crippen LogP contribution in [-0.4, -0.2) is 14.1 Å². The predicted octanol–water partition coefficient (Wildman–Crippen LogP) is 6.17. The van der Waals surface area contributed by atoms with Gasteiger partial charge in [-0.25, -0.2) is 0 Å². The molecule has 0 aliphatic heterocycles. The second-order valence-corrected chi connectivity index (χ2v) is 3.94. The molecule has 0 saturated carbocycles. The first-order valence-corrected chi connectivity index (χ1v) is 7.72. The van der Waals surface area contributed by atoms with E-state index in [-0.39, 0.29) is 0 Å². The number of rotatable bonds is 4. The summed E-state index contributed by atoms with van der Waals surface area (Å²) >= 11 is 0. The molecule has 0 spiro atoms. The molecular weight excluding hydrogens is 242 g/mol. The van der Waals surface area contributed by atoms with Gasteiger partial charge in [0, 0.05) is 0 Å². The Labute approximate surface area is 129 Å². The fourth-order valence-corrected chi connectivity index (χ4v) is 1.20. The molecule has 120 valence electrons. The van der Waals surface area contributed by atoms with Gasteiger partial charge >= 0.3 is 0 Å². The van der Waals surface area contributed by atoms with Crippen molar-refractivity contribution in [2.45, 2.75) is 55.4 Å². The highest BCUT2D eigenvalue weighted by molar-refractivity contribution is 5.30. The lowest BCUT2D eigenvalue weighted by molar-refractivity contribution is 0.886. The SMILES string of the molecule is C=C/C=C(\C=C(C)C)C(C)/C=C\C.CC.CC.CNC. The van der Waals surface area contributed by atoms with E-state index >= 15 is 0 Å². The fraction of sp³-hybridized carbons (Fsp3) is 0.579. The van der Waals surface area contributed by atoms with E-state index in [1.807, 2.05) is 54.8 Å². The van der Waals surface area contributed by atoms with Crippen LogP contribution in [0.5, 0.6) is 0 Å². The summed E-state index contributed by atoms with van der Waals surface area (Å²) in [7, 11) is 3.75. The van der Waals surface area contributed by atoms with Crippen LogP contribution in [0.15, 0.2) is 48.1 Å². The van der Waals surface area contributed by atoms with Crippen molar-refractivity contribution >= 4 is 0 Å². The zero-order valence-corrected chi connectivity index (χ0v) is 15.7. The van der Waals surface area contributed by atoms with Crippen molar-refractivity contribution in [1.82, 2.24) is 5.32 Å². The fourth-order valence-electron chi connectivity index (χ4n) is 1.20. The van der Waals surface area contributed by atoms with Gasteiger partial charge < -0.3 is 5.32 Å². The summed E-state index contributed by atoms with van der Waals surface area (Å²) in [4.78, 5) is 0. The van der Waals surface area contributed by atoms with E-state index in [1.165, 1.54) is 11.1 Å². The Balaban J connectivity index is -0.000000155. The van der Waals surface area contributed by atoms with E-state index in [2.05, 4.69) is 57.0 Å². The molecule has 1 atom stereocenters. The van der Waals surface area contributed by atoms with Crippen LogP contribution in [0.4, 0.5) is 0 Å². The Morgan fingerprint density at radius 3 is 1.70 bits per heavy atom. The highest BCUT2D eigenvalue weighted by atomic mass is 14.7. The summed E-state index contributed by atoms with van der Waals surface area (Å²) in [5.74, 6) is 0.470. The zero-order valence-electron chi connectivity index (χ0n) is 15.7. The van der Waals surface area contributed by atoms with Gasteiger partial charge in [-0.2, -0.15) is 0 Å². The minimum Gasteiger partial charge on any atom is -0.323 e. The first-order valence-electron chi connectivity index (χ1n) is 7.72. The largest absolute Gasteiger partial charge is 0.323 e. The first kappa shape index (κ1) is 27.3. The number of hydrogen-bond acceptors (Lipinski definition) is 1. The molecule has 0 rings (SSSR count). The van der Waals surface area contributed by atoms with Crippen molar-refractivity contribution < 1.29 is 0 Å². The Kier molecular flexibility index (Phi) is 36.1. The lowest BCUT2D eigenvalue weighted by Gasteiger charge is -2.07. The highest BCUT2D eigenvalue weighted by Gasteiger charge is 2.00. The summed E-state index contributed by atoms with van der Waals surface area (Å²) in [5.41, 5.74) is 2.64. The van der Waals surface area contributed by atoms with Crippen molar-refractivity contribution in [2.24, 2.45) is 5.92 Å². The Bertz CT molecular complexity index is 253. The molecule has 1 N–H and O–H groups in total. The minimum atomic E-state index is 0.470. The number of allylic oxidation sites excluding steroid dienone is 7. The Morgan fingerprint density at radius 1 is 1.05 bits per heavy atom. The maximum atomic E-state index is 3.72. The number of hydrogen-bond donors (Lipinski definition) is 1. The molecular formula is C19H39N. The molecule has 0 aliphatic carbocycles. The zero-order chi connectivity index (χ0) is 17.0. The van der Waals surface area contributed by atoms with E-state index < -0.39 is 0 Å². The molecule has 0 saturated heterocycles. The summed E-state index contributed by atoms with van der Waals surface area (Å²) in [6.45, 7) is 20.2. The van der Waals surface area contributed by atoms with Gasteiger partial charge in [-0.3, -0.25) is 0 Å². The van der Waals surface area contributed by atoms with Crippen LogP contribution in [0.25, 0.3) is 0 Å². The summed E-state index contributed by atoms with van der Waals surface area (Å²) < 4.78 is 0. The van der Waals surface area contributed by atoms with E-state index in [0.29, 0.717) is 5.92 Å². The molecule has 0 amide bonds. The molecule has 1 heteroatoms. The van der Waals surface area contributed by atoms with E-state index in [0.717, 1.165) is 0 Å². The van der Waals surface area contributed by atoms with Gasteiger partial charge in [0.1, 0.15) is 0 Å². The molecule has 0 aliphatic rings. The molecule has 0 fully saturated rings. The van der Waals surface area contributed by atoms with Gasteiger partial charge in [0.25, 0.3) is 0 Å². The average molecular weight is 282 g/mol. The second kappa shape index (κ2) is 26.5. The topological polar surface area (TPSA) is 12.0 Å². The lowest BCUT2D eigenvalue weighted by Crippen LogP contribution is -1.92. The van der Waals surface area contributed by atoms with Crippen LogP contribution >= 0.6 is 0 Å². The summed E-state index contributed by atoms with van der Waals surface area (Å²) in [5, 5.41) is 2.75. The van der Waals surface area contributed by atoms with Crippen LogP contribution in [0.2, 0.25) is 0 Å². The maximum absolute atomic E-state index is 3.72. The molecule has 0 bridgehead atoms. The predicted molar refractivity (Wildman–Crippen MR) is 99.4 cm³/mol. The Hall–Kier alpha value is -1.08. The standard InChI is InChI=1S/C13H20.C2H7N.2C2H6/c1-6-8-12(5)13(9-7-2)10-11(3)4;1-3-2;2*1-2/h6-10,12H,2H2,1,3-5H3;3H,1-2H3;2*1-2H3/b8-6-,13-9+;;;. The summed E-state index contributed by atoms with van der Waals surface area (Å²) in [6, 6.07) is 0. The summed E-state index contributed by atoms with van der Waals surface area (Å²) in [6.07, 6.45) is 10.4. The van der Waals surface area contributed by atoms with Crippen LogP contribution in [-0.2, 0) is 0 Å². The van der Waals surface area contributed by atoms with Gasteiger partial charge in [0.05, 0.1) is 0 Å². The minimum absolute atomic E-state index is 0.470. The lowest BCUT2D eigenvalue weighted by atomic mass is 9.98. The highest BCUT2D eigenvalue weighted by Crippen LogP contribution is 2.15. The number of nitrogens with one attached hydrogen (secondary N) is 1. The average Bonchev–Trinajstić information content (AvgIpc) is 2.43. The molecule has 0 radical (unpaired) electrons. The van der Waals surface area contributed by atoms with Gasteiger partial charge in [-0.1, -0.05) is 77.2 Å². The molecule has 1 unspecified atom stereocenters. The molecule has 0 aromatic rings. The van der Waals surface area contributed by atoms with Crippen LogP contribution in [0.1, 0.15) is 55.4 Å². The molecule has 0 heterocycles. The van der Waals surface area contributed by atoms with Crippen LogP contribution < -0.4 is 5.32 Å². The van der Waals surface area contributed by atoms with Gasteiger partial charge in [0.2, 0.25) is 0 Å². The molecule has 0 aromatic heterocycles. The van der Waals surface area contributed by atoms with E-state index in [1.54, 1.807) is 0 Å². The van der Waals surface area contributed by atoms with Crippen LogP contribution in [0.3, 0.4) is 0 Å². The Morgan fingerprint density at radius 2 is 1.45 bits per heavy atom. The molecule has 1 nitrogen and oxygen atoms in total. The monoisotopic (exact) mass is 281 g/mol. The molecule has 0 aromatic carbocycles. The normalized spacial score (nSPS) is 10.8. The third-order valence-electron chi connectivity index (χ3n) is 1.77.